The third-order valence-corrected chi connectivity index (χ3v) is 5.46. The first-order chi connectivity index (χ1) is 14.8. The lowest BCUT2D eigenvalue weighted by atomic mass is 10.2. The van der Waals surface area contributed by atoms with Crippen LogP contribution in [0.4, 0.5) is 0 Å². The zero-order valence-corrected chi connectivity index (χ0v) is 20.1. The van der Waals surface area contributed by atoms with Gasteiger partial charge in [-0.2, -0.15) is 0 Å². The van der Waals surface area contributed by atoms with E-state index in [1.165, 1.54) is 20.3 Å². The number of carbonyl (C=O) groups excluding carboxylic acids is 2. The van der Waals surface area contributed by atoms with E-state index in [9.17, 15) is 9.59 Å². The van der Waals surface area contributed by atoms with Crippen LogP contribution in [0, 0.1) is 0 Å². The Hall–Kier alpha value is -2.22. The lowest BCUT2D eigenvalue weighted by molar-refractivity contribution is -0.140. The molecule has 0 aliphatic carbocycles. The Morgan fingerprint density at radius 3 is 2.58 bits per heavy atom. The maximum Gasteiger partial charge on any atom is 0.305 e. The summed E-state index contributed by atoms with van der Waals surface area (Å²) < 4.78 is 16.6. The molecule has 2 aromatic rings. The van der Waals surface area contributed by atoms with Crippen LogP contribution in [0.1, 0.15) is 24.0 Å². The first kappa shape index (κ1) is 25.0. The number of hydrogen-bond acceptors (Lipinski definition) is 5. The van der Waals surface area contributed by atoms with Crippen LogP contribution in [0.3, 0.4) is 0 Å². The molecule has 0 saturated carbocycles. The van der Waals surface area contributed by atoms with E-state index in [1.54, 1.807) is 24.3 Å². The number of nitrogens with one attached hydrogen (secondary N) is 1. The minimum Gasteiger partial charge on any atom is -0.493 e. The molecule has 0 spiro atoms. The molecule has 1 amide bonds. The third-order valence-electron chi connectivity index (χ3n) is 4.13. The van der Waals surface area contributed by atoms with E-state index in [1.807, 2.05) is 12.1 Å². The van der Waals surface area contributed by atoms with Crippen LogP contribution >= 0.6 is 39.1 Å². The number of hydrogen-bond donors (Lipinski definition) is 1. The van der Waals surface area contributed by atoms with Crippen molar-refractivity contribution < 1.29 is 23.8 Å². The number of rotatable bonds is 10. The largest absolute Gasteiger partial charge is 0.493 e. The Kier molecular flexibility index (Phi) is 10.2. The minimum atomic E-state index is -0.303. The first-order valence-corrected chi connectivity index (χ1v) is 10.9. The van der Waals surface area contributed by atoms with E-state index >= 15 is 0 Å². The third kappa shape index (κ3) is 8.09. The predicted octanol–water partition coefficient (Wildman–Crippen LogP) is 5.43. The first-order valence-electron chi connectivity index (χ1n) is 9.31. The van der Waals surface area contributed by atoms with Crippen molar-refractivity contribution in [1.29, 1.82) is 0 Å². The molecule has 2 aromatic carbocycles. The van der Waals surface area contributed by atoms with Gasteiger partial charge >= 0.3 is 5.97 Å². The summed E-state index contributed by atoms with van der Waals surface area (Å²) in [7, 11) is 2.87. The highest BCUT2D eigenvalue weighted by Crippen LogP contribution is 2.37. The van der Waals surface area contributed by atoms with Gasteiger partial charge in [0, 0.05) is 19.0 Å². The van der Waals surface area contributed by atoms with Crippen molar-refractivity contribution in [2.45, 2.75) is 19.4 Å². The Morgan fingerprint density at radius 1 is 1.13 bits per heavy atom. The van der Waals surface area contributed by atoms with Crippen LogP contribution < -0.4 is 14.8 Å². The van der Waals surface area contributed by atoms with Crippen molar-refractivity contribution in [3.8, 4) is 11.5 Å². The number of methoxy groups -OCH3 is 2. The number of halogens is 3. The van der Waals surface area contributed by atoms with Gasteiger partial charge in [0.2, 0.25) is 5.91 Å². The summed E-state index contributed by atoms with van der Waals surface area (Å²) in [5.41, 5.74) is 1.60. The number of amides is 1. The summed E-state index contributed by atoms with van der Waals surface area (Å²) in [5.74, 6) is 0.466. The van der Waals surface area contributed by atoms with Gasteiger partial charge in [0.1, 0.15) is 6.61 Å². The molecule has 0 aliphatic rings. The highest BCUT2D eigenvalue weighted by atomic mass is 79.9. The average Bonchev–Trinajstić information content (AvgIpc) is 2.76. The van der Waals surface area contributed by atoms with Crippen molar-refractivity contribution in [3.63, 3.8) is 0 Å². The zero-order valence-electron chi connectivity index (χ0n) is 17.0. The molecule has 9 heteroatoms. The molecule has 0 aromatic heterocycles. The van der Waals surface area contributed by atoms with Crippen molar-refractivity contribution in [1.82, 2.24) is 5.32 Å². The van der Waals surface area contributed by atoms with Gasteiger partial charge in [-0.05, 0) is 63.8 Å². The second-order valence-corrected chi connectivity index (χ2v) is 8.04. The lowest BCUT2D eigenvalue weighted by Gasteiger charge is -2.14. The van der Waals surface area contributed by atoms with E-state index in [0.717, 1.165) is 11.1 Å². The molecule has 0 unspecified atom stereocenters. The number of benzene rings is 2. The van der Waals surface area contributed by atoms with Crippen molar-refractivity contribution >= 4 is 57.1 Å². The van der Waals surface area contributed by atoms with Crippen LogP contribution in [-0.4, -0.2) is 32.6 Å². The van der Waals surface area contributed by atoms with Gasteiger partial charge in [-0.1, -0.05) is 29.3 Å². The highest BCUT2D eigenvalue weighted by Gasteiger charge is 2.12. The Labute approximate surface area is 199 Å². The van der Waals surface area contributed by atoms with Crippen molar-refractivity contribution in [2.75, 3.05) is 20.8 Å². The van der Waals surface area contributed by atoms with E-state index in [2.05, 4.69) is 26.0 Å². The number of ether oxygens (including phenoxy) is 3. The molecule has 2 rings (SSSR count). The summed E-state index contributed by atoms with van der Waals surface area (Å²) in [6.07, 6.45) is 3.84. The fraction of sp³-hybridized carbons (Fsp3) is 0.273. The topological polar surface area (TPSA) is 73.9 Å². The minimum absolute atomic E-state index is 0.258. The van der Waals surface area contributed by atoms with Gasteiger partial charge in [0.25, 0.3) is 0 Å². The van der Waals surface area contributed by atoms with Gasteiger partial charge in [-0.3, -0.25) is 9.59 Å². The molecule has 0 fully saturated rings. The van der Waals surface area contributed by atoms with Gasteiger partial charge < -0.3 is 19.5 Å². The van der Waals surface area contributed by atoms with Gasteiger partial charge in [-0.25, -0.2) is 0 Å². The maximum atomic E-state index is 11.9. The smallest absolute Gasteiger partial charge is 0.305 e. The standard InChI is InChI=1S/C22H22BrCl2NO5/c1-29-19-12-14(6-8-20(27)26-9-3-4-21(28)30-2)10-16(23)22(19)31-13-15-5-7-17(24)18(25)11-15/h5-8,10-12H,3-4,9,13H2,1-2H3,(H,26,27)/b8-6+. The van der Waals surface area contributed by atoms with Crippen LogP contribution in [0.2, 0.25) is 10.0 Å². The van der Waals surface area contributed by atoms with E-state index in [4.69, 9.17) is 32.7 Å². The normalized spacial score (nSPS) is 10.7. The Bertz CT molecular complexity index is 965. The quantitative estimate of drug-likeness (QED) is 0.252. The summed E-state index contributed by atoms with van der Waals surface area (Å²) in [6, 6.07) is 8.85. The molecule has 0 radical (unpaired) electrons. The second kappa shape index (κ2) is 12.6. The van der Waals surface area contributed by atoms with Gasteiger partial charge in [0.15, 0.2) is 11.5 Å². The summed E-state index contributed by atoms with van der Waals surface area (Å²) in [6.45, 7) is 0.655. The average molecular weight is 531 g/mol. The van der Waals surface area contributed by atoms with Gasteiger partial charge in [-0.15, -0.1) is 0 Å². The van der Waals surface area contributed by atoms with Crippen LogP contribution in [0.5, 0.6) is 11.5 Å². The fourth-order valence-electron chi connectivity index (χ4n) is 2.54. The zero-order chi connectivity index (χ0) is 22.8. The lowest BCUT2D eigenvalue weighted by Crippen LogP contribution is -2.22. The monoisotopic (exact) mass is 529 g/mol. The molecule has 6 nitrogen and oxygen atoms in total. The molecular weight excluding hydrogens is 509 g/mol. The molecule has 0 atom stereocenters. The maximum absolute atomic E-state index is 11.9. The molecule has 0 aliphatic heterocycles. The highest BCUT2D eigenvalue weighted by molar-refractivity contribution is 9.10. The molecule has 166 valence electrons. The second-order valence-electron chi connectivity index (χ2n) is 6.38. The van der Waals surface area contributed by atoms with Crippen molar-refractivity contribution in [3.05, 3.63) is 62.1 Å². The SMILES string of the molecule is COC(=O)CCCNC(=O)/C=C/c1cc(Br)c(OCc2ccc(Cl)c(Cl)c2)c(OC)c1. The molecule has 0 saturated heterocycles. The van der Waals surface area contributed by atoms with Gasteiger partial charge in [0.05, 0.1) is 28.7 Å². The molecule has 31 heavy (non-hydrogen) atoms. The van der Waals surface area contributed by atoms with Crippen molar-refractivity contribution in [2.24, 2.45) is 0 Å². The summed E-state index contributed by atoms with van der Waals surface area (Å²) in [4.78, 5) is 23.0. The molecular formula is C22H22BrCl2NO5. The number of esters is 1. The van der Waals surface area contributed by atoms with Crippen LogP contribution in [0.25, 0.3) is 6.08 Å². The van der Waals surface area contributed by atoms with Crippen LogP contribution in [-0.2, 0) is 20.9 Å². The molecule has 0 heterocycles. The Morgan fingerprint density at radius 2 is 1.90 bits per heavy atom. The summed E-state index contributed by atoms with van der Waals surface area (Å²) in [5, 5.41) is 3.65. The van der Waals surface area contributed by atoms with E-state index in [-0.39, 0.29) is 24.9 Å². The predicted molar refractivity (Wildman–Crippen MR) is 125 cm³/mol. The number of carbonyl (C=O) groups is 2. The Balaban J connectivity index is 1.99. The fourth-order valence-corrected chi connectivity index (χ4v) is 3.43. The van der Waals surface area contributed by atoms with E-state index in [0.29, 0.717) is 39.0 Å². The van der Waals surface area contributed by atoms with Crippen LogP contribution in [0.15, 0.2) is 40.9 Å². The van der Waals surface area contributed by atoms with E-state index < -0.39 is 0 Å². The molecule has 0 bridgehead atoms. The molecule has 1 N–H and O–H groups in total. The summed E-state index contributed by atoms with van der Waals surface area (Å²) >= 11 is 15.5.